The number of nitrogens with one attached hydrogen (secondary N) is 1. The predicted molar refractivity (Wildman–Crippen MR) is 83.7 cm³/mol. The number of unbranched alkanes of at least 4 members (excludes halogenated alkanes) is 1. The Bertz CT molecular complexity index is 663. The van der Waals surface area contributed by atoms with Crippen molar-refractivity contribution >= 4 is 5.69 Å². The summed E-state index contributed by atoms with van der Waals surface area (Å²) in [6.45, 7) is 0.865. The summed E-state index contributed by atoms with van der Waals surface area (Å²) in [5.74, 6) is 0. The van der Waals surface area contributed by atoms with Crippen LogP contribution in [0.15, 0.2) is 48.5 Å². The number of anilines is 1. The van der Waals surface area contributed by atoms with Gasteiger partial charge in [0.15, 0.2) is 0 Å². The van der Waals surface area contributed by atoms with Gasteiger partial charge in [-0.2, -0.15) is 10.5 Å². The van der Waals surface area contributed by atoms with Gasteiger partial charge in [-0.05, 0) is 43.0 Å². The van der Waals surface area contributed by atoms with E-state index >= 15 is 0 Å². The van der Waals surface area contributed by atoms with E-state index in [1.54, 1.807) is 12.1 Å². The molecule has 0 saturated heterocycles. The monoisotopic (exact) mass is 275 g/mol. The van der Waals surface area contributed by atoms with Gasteiger partial charge in [-0.1, -0.05) is 30.3 Å². The van der Waals surface area contributed by atoms with Gasteiger partial charge >= 0.3 is 0 Å². The first-order valence-corrected chi connectivity index (χ1v) is 7.05. The molecule has 104 valence electrons. The first kappa shape index (κ1) is 14.6. The Kier molecular flexibility index (Phi) is 5.38. The van der Waals surface area contributed by atoms with Gasteiger partial charge < -0.3 is 5.32 Å². The third-order valence-electron chi connectivity index (χ3n) is 3.32. The van der Waals surface area contributed by atoms with Crippen LogP contribution in [0.5, 0.6) is 0 Å². The summed E-state index contributed by atoms with van der Waals surface area (Å²) in [6, 6.07) is 19.8. The molecule has 3 heteroatoms. The van der Waals surface area contributed by atoms with Crippen LogP contribution in [0.3, 0.4) is 0 Å². The second-order valence-electron chi connectivity index (χ2n) is 4.85. The Morgan fingerprint density at radius 3 is 2.33 bits per heavy atom. The van der Waals surface area contributed by atoms with E-state index in [0.717, 1.165) is 31.5 Å². The van der Waals surface area contributed by atoms with Crippen molar-refractivity contribution in [2.75, 3.05) is 11.9 Å². The summed E-state index contributed by atoms with van der Waals surface area (Å²) in [4.78, 5) is 0. The Labute approximate surface area is 125 Å². The quantitative estimate of drug-likeness (QED) is 0.814. The number of nitrogens with zero attached hydrogens (tertiary/aromatic N) is 2. The SMILES string of the molecule is N#Cc1ccc(NCCCCc2ccccc2)cc1C#N. The third kappa shape index (κ3) is 4.37. The van der Waals surface area contributed by atoms with Crippen LogP contribution in [0.4, 0.5) is 5.69 Å². The summed E-state index contributed by atoms with van der Waals surface area (Å²) in [6.07, 6.45) is 3.27. The molecule has 0 fully saturated rings. The minimum Gasteiger partial charge on any atom is -0.385 e. The summed E-state index contributed by atoms with van der Waals surface area (Å²) in [7, 11) is 0. The summed E-state index contributed by atoms with van der Waals surface area (Å²) >= 11 is 0. The zero-order valence-corrected chi connectivity index (χ0v) is 11.8. The van der Waals surface area contributed by atoms with Crippen molar-refractivity contribution in [2.45, 2.75) is 19.3 Å². The molecule has 2 aromatic rings. The fourth-order valence-corrected chi connectivity index (χ4v) is 2.18. The van der Waals surface area contributed by atoms with Crippen LogP contribution in [0.2, 0.25) is 0 Å². The molecule has 0 heterocycles. The lowest BCUT2D eigenvalue weighted by Crippen LogP contribution is -2.02. The Hall–Kier alpha value is -2.78. The highest BCUT2D eigenvalue weighted by molar-refractivity contribution is 5.56. The molecule has 0 aliphatic carbocycles. The van der Waals surface area contributed by atoms with Crippen LogP contribution in [0.25, 0.3) is 0 Å². The highest BCUT2D eigenvalue weighted by Crippen LogP contribution is 2.15. The molecule has 0 unspecified atom stereocenters. The Morgan fingerprint density at radius 1 is 0.857 bits per heavy atom. The molecule has 2 aromatic carbocycles. The Morgan fingerprint density at radius 2 is 1.62 bits per heavy atom. The van der Waals surface area contributed by atoms with E-state index in [-0.39, 0.29) is 0 Å². The molecule has 0 saturated carbocycles. The number of rotatable bonds is 6. The van der Waals surface area contributed by atoms with Gasteiger partial charge in [0.25, 0.3) is 0 Å². The molecule has 2 rings (SSSR count). The highest BCUT2D eigenvalue weighted by Gasteiger charge is 2.02. The van der Waals surface area contributed by atoms with Crippen LogP contribution in [-0.4, -0.2) is 6.54 Å². The summed E-state index contributed by atoms with van der Waals surface area (Å²) < 4.78 is 0. The molecule has 0 spiro atoms. The normalized spacial score (nSPS) is 9.62. The molecular formula is C18H17N3. The average molecular weight is 275 g/mol. The Balaban J connectivity index is 1.77. The van der Waals surface area contributed by atoms with Crippen molar-refractivity contribution in [3.05, 3.63) is 65.2 Å². The number of aryl methyl sites for hydroxylation is 1. The molecule has 0 aliphatic heterocycles. The molecule has 0 aromatic heterocycles. The maximum Gasteiger partial charge on any atom is 0.101 e. The van der Waals surface area contributed by atoms with E-state index in [1.807, 2.05) is 24.3 Å². The van der Waals surface area contributed by atoms with E-state index in [0.29, 0.717) is 11.1 Å². The van der Waals surface area contributed by atoms with Gasteiger partial charge in [0.1, 0.15) is 12.1 Å². The highest BCUT2D eigenvalue weighted by atomic mass is 14.9. The number of hydrogen-bond donors (Lipinski definition) is 1. The second-order valence-corrected chi connectivity index (χ2v) is 4.85. The van der Waals surface area contributed by atoms with Crippen LogP contribution in [0.1, 0.15) is 29.5 Å². The second kappa shape index (κ2) is 7.72. The lowest BCUT2D eigenvalue weighted by Gasteiger charge is -2.07. The molecule has 21 heavy (non-hydrogen) atoms. The van der Waals surface area contributed by atoms with Crippen molar-refractivity contribution in [3.8, 4) is 12.1 Å². The minimum absolute atomic E-state index is 0.423. The van der Waals surface area contributed by atoms with Gasteiger partial charge in [0, 0.05) is 12.2 Å². The van der Waals surface area contributed by atoms with E-state index in [4.69, 9.17) is 10.5 Å². The van der Waals surface area contributed by atoms with Crippen molar-refractivity contribution in [1.82, 2.24) is 0 Å². The largest absolute Gasteiger partial charge is 0.385 e. The molecule has 3 nitrogen and oxygen atoms in total. The fraction of sp³-hybridized carbons (Fsp3) is 0.222. The number of benzene rings is 2. The number of hydrogen-bond acceptors (Lipinski definition) is 3. The van der Waals surface area contributed by atoms with Crippen LogP contribution in [0, 0.1) is 22.7 Å². The average Bonchev–Trinajstić information content (AvgIpc) is 2.55. The summed E-state index contributed by atoms with van der Waals surface area (Å²) in [5, 5.41) is 21.2. The van der Waals surface area contributed by atoms with E-state index in [1.165, 1.54) is 5.56 Å². The van der Waals surface area contributed by atoms with Crippen molar-refractivity contribution in [1.29, 1.82) is 10.5 Å². The van der Waals surface area contributed by atoms with E-state index in [2.05, 4.69) is 29.6 Å². The van der Waals surface area contributed by atoms with Gasteiger partial charge in [-0.25, -0.2) is 0 Å². The molecule has 0 atom stereocenters. The zero-order chi connectivity index (χ0) is 14.9. The molecule has 0 aliphatic rings. The van der Waals surface area contributed by atoms with E-state index < -0.39 is 0 Å². The van der Waals surface area contributed by atoms with Crippen molar-refractivity contribution in [3.63, 3.8) is 0 Å². The topological polar surface area (TPSA) is 59.6 Å². The first-order chi connectivity index (χ1) is 10.3. The fourth-order valence-electron chi connectivity index (χ4n) is 2.18. The predicted octanol–water partition coefficient (Wildman–Crippen LogP) is 3.86. The van der Waals surface area contributed by atoms with Crippen LogP contribution < -0.4 is 5.32 Å². The smallest absolute Gasteiger partial charge is 0.101 e. The van der Waals surface area contributed by atoms with Crippen LogP contribution in [-0.2, 0) is 6.42 Å². The maximum absolute atomic E-state index is 8.98. The summed E-state index contributed by atoms with van der Waals surface area (Å²) in [5.41, 5.74) is 3.10. The van der Waals surface area contributed by atoms with Gasteiger partial charge in [-0.3, -0.25) is 0 Å². The molecule has 0 bridgehead atoms. The lowest BCUT2D eigenvalue weighted by molar-refractivity contribution is 0.763. The van der Waals surface area contributed by atoms with Crippen molar-refractivity contribution in [2.24, 2.45) is 0 Å². The lowest BCUT2D eigenvalue weighted by atomic mass is 10.1. The molecule has 0 radical (unpaired) electrons. The molecular weight excluding hydrogens is 258 g/mol. The van der Waals surface area contributed by atoms with E-state index in [9.17, 15) is 0 Å². The molecule has 0 amide bonds. The maximum atomic E-state index is 8.98. The zero-order valence-electron chi connectivity index (χ0n) is 11.8. The standard InChI is InChI=1S/C18H17N3/c19-13-16-9-10-18(12-17(16)14-20)21-11-5-4-8-15-6-2-1-3-7-15/h1-3,6-7,9-10,12,21H,4-5,8,11H2. The third-order valence-corrected chi connectivity index (χ3v) is 3.32. The first-order valence-electron chi connectivity index (χ1n) is 7.05. The molecule has 1 N–H and O–H groups in total. The van der Waals surface area contributed by atoms with Crippen LogP contribution >= 0.6 is 0 Å². The number of nitriles is 2. The van der Waals surface area contributed by atoms with Gasteiger partial charge in [-0.15, -0.1) is 0 Å². The van der Waals surface area contributed by atoms with Gasteiger partial charge in [0.05, 0.1) is 11.1 Å². The van der Waals surface area contributed by atoms with Gasteiger partial charge in [0.2, 0.25) is 0 Å². The minimum atomic E-state index is 0.423. The van der Waals surface area contributed by atoms with Crippen molar-refractivity contribution < 1.29 is 0 Å².